The molecule has 0 amide bonds. The van der Waals surface area contributed by atoms with E-state index in [9.17, 15) is 9.59 Å². The molecular weight excluding hydrogens is 432 g/mol. The lowest BCUT2D eigenvalue weighted by atomic mass is 9.35. The number of aldehydes is 1. The van der Waals surface area contributed by atoms with E-state index in [2.05, 4.69) is 60.6 Å². The third kappa shape index (κ3) is 3.28. The van der Waals surface area contributed by atoms with Crippen LogP contribution in [0, 0.1) is 44.3 Å². The Morgan fingerprint density at radius 2 is 1.63 bits per heavy atom. The number of allylic oxidation sites excluding steroid dienone is 4. The molecule has 5 aliphatic carbocycles. The van der Waals surface area contributed by atoms with E-state index >= 15 is 0 Å². The summed E-state index contributed by atoms with van der Waals surface area (Å²) >= 11 is 0. The number of ether oxygens (including phenoxy) is 1. The summed E-state index contributed by atoms with van der Waals surface area (Å²) in [5.41, 5.74) is 3.73. The second kappa shape index (κ2) is 7.57. The van der Waals surface area contributed by atoms with Crippen molar-refractivity contribution < 1.29 is 14.3 Å². The van der Waals surface area contributed by atoms with Crippen molar-refractivity contribution in [3.05, 3.63) is 23.3 Å². The first-order chi connectivity index (χ1) is 16.2. The van der Waals surface area contributed by atoms with Crippen LogP contribution in [0.15, 0.2) is 23.3 Å². The van der Waals surface area contributed by atoms with Crippen molar-refractivity contribution in [2.75, 3.05) is 0 Å². The standard InChI is InChI=1S/C32H48O3/c1-21(34)35-26-12-13-30(6)24(27(26,2)3)11-14-32(8)25(30)10-9-22-23-19-28(4,20-33)15-16-29(23,5)17-18-31(22,32)7/h9-10,20,24-26H,11-19H2,1-8H3/t24-,25+,26-,28-,29+,30-,31+,32+/m0/s1. The molecule has 3 heteroatoms. The van der Waals surface area contributed by atoms with Crippen molar-refractivity contribution in [3.8, 4) is 0 Å². The third-order valence-electron chi connectivity index (χ3n) is 12.8. The van der Waals surface area contributed by atoms with Gasteiger partial charge in [-0.25, -0.2) is 0 Å². The van der Waals surface area contributed by atoms with Gasteiger partial charge in [-0.05, 0) is 96.9 Å². The first-order valence-electron chi connectivity index (χ1n) is 14.2. The molecule has 3 nitrogen and oxygen atoms in total. The zero-order valence-corrected chi connectivity index (χ0v) is 23.6. The van der Waals surface area contributed by atoms with Crippen molar-refractivity contribution in [1.82, 2.24) is 0 Å². The maximum Gasteiger partial charge on any atom is 0.302 e. The van der Waals surface area contributed by atoms with Gasteiger partial charge in [-0.15, -0.1) is 0 Å². The molecule has 0 bridgehead atoms. The number of esters is 1. The van der Waals surface area contributed by atoms with Crippen LogP contribution < -0.4 is 0 Å². The molecule has 3 fully saturated rings. The number of fused-ring (bicyclic) bond motifs is 6. The molecule has 0 saturated heterocycles. The van der Waals surface area contributed by atoms with E-state index in [0.717, 1.165) is 32.1 Å². The Balaban J connectivity index is 1.59. The molecule has 0 spiro atoms. The quantitative estimate of drug-likeness (QED) is 0.299. The van der Waals surface area contributed by atoms with Gasteiger partial charge in [0.15, 0.2) is 0 Å². The van der Waals surface area contributed by atoms with Crippen LogP contribution in [0.5, 0.6) is 0 Å². The van der Waals surface area contributed by atoms with E-state index in [4.69, 9.17) is 4.74 Å². The number of carbonyl (C=O) groups is 2. The lowest BCUT2D eigenvalue weighted by Crippen LogP contribution is -2.63. The van der Waals surface area contributed by atoms with Gasteiger partial charge in [0, 0.05) is 17.8 Å². The highest BCUT2D eigenvalue weighted by Crippen LogP contribution is 2.74. The van der Waals surface area contributed by atoms with Crippen LogP contribution in [0.3, 0.4) is 0 Å². The Labute approximate surface area is 213 Å². The highest BCUT2D eigenvalue weighted by molar-refractivity contribution is 5.66. The largest absolute Gasteiger partial charge is 0.462 e. The van der Waals surface area contributed by atoms with E-state index in [-0.39, 0.29) is 44.6 Å². The first kappa shape index (κ1) is 25.3. The number of carbonyl (C=O) groups excluding carboxylic acids is 2. The molecule has 5 aliphatic rings. The molecule has 0 heterocycles. The zero-order valence-electron chi connectivity index (χ0n) is 23.6. The number of hydrogen-bond donors (Lipinski definition) is 0. The van der Waals surface area contributed by atoms with Gasteiger partial charge in [-0.1, -0.05) is 66.2 Å². The lowest BCUT2D eigenvalue weighted by Gasteiger charge is -2.69. The first-order valence-corrected chi connectivity index (χ1v) is 14.2. The van der Waals surface area contributed by atoms with Crippen molar-refractivity contribution in [1.29, 1.82) is 0 Å². The molecule has 8 atom stereocenters. The van der Waals surface area contributed by atoms with Crippen molar-refractivity contribution >= 4 is 12.3 Å². The van der Waals surface area contributed by atoms with Crippen LogP contribution >= 0.6 is 0 Å². The Kier molecular flexibility index (Phi) is 5.47. The molecule has 35 heavy (non-hydrogen) atoms. The minimum atomic E-state index is -0.214. The minimum Gasteiger partial charge on any atom is -0.462 e. The summed E-state index contributed by atoms with van der Waals surface area (Å²) in [5.74, 6) is 0.912. The lowest BCUT2D eigenvalue weighted by molar-refractivity contribution is -0.197. The van der Waals surface area contributed by atoms with Gasteiger partial charge in [0.2, 0.25) is 0 Å². The fourth-order valence-electron chi connectivity index (χ4n) is 10.2. The van der Waals surface area contributed by atoms with Crippen LogP contribution in [-0.2, 0) is 14.3 Å². The topological polar surface area (TPSA) is 43.4 Å². The van der Waals surface area contributed by atoms with Crippen molar-refractivity contribution in [2.45, 2.75) is 119 Å². The monoisotopic (exact) mass is 480 g/mol. The molecule has 0 radical (unpaired) electrons. The van der Waals surface area contributed by atoms with Gasteiger partial charge < -0.3 is 9.53 Å². The van der Waals surface area contributed by atoms with Gasteiger partial charge in [0.05, 0.1) is 0 Å². The van der Waals surface area contributed by atoms with Crippen LogP contribution in [0.4, 0.5) is 0 Å². The van der Waals surface area contributed by atoms with Gasteiger partial charge in [-0.3, -0.25) is 4.79 Å². The van der Waals surface area contributed by atoms with Gasteiger partial charge >= 0.3 is 5.97 Å². The van der Waals surface area contributed by atoms with E-state index in [1.54, 1.807) is 18.1 Å². The van der Waals surface area contributed by atoms with E-state index < -0.39 is 0 Å². The summed E-state index contributed by atoms with van der Waals surface area (Å²) in [5, 5.41) is 0. The molecule has 0 aromatic carbocycles. The van der Waals surface area contributed by atoms with Gasteiger partial charge in [-0.2, -0.15) is 0 Å². The number of rotatable bonds is 2. The van der Waals surface area contributed by atoms with Crippen LogP contribution in [0.25, 0.3) is 0 Å². The summed E-state index contributed by atoms with van der Waals surface area (Å²) in [4.78, 5) is 23.9. The SMILES string of the molecule is CC(=O)O[C@H]1CC[C@]2(C)[C@H]3C=CC4=C5C[C@@](C)(C=O)CC[C@]5(C)CC[C@@]4(C)[C@]3(C)CC[C@H]2C1(C)C. The maximum atomic E-state index is 12.1. The number of hydrogen-bond acceptors (Lipinski definition) is 3. The Hall–Kier alpha value is -1.38. The third-order valence-corrected chi connectivity index (χ3v) is 12.8. The molecule has 3 saturated carbocycles. The summed E-state index contributed by atoms with van der Waals surface area (Å²) in [7, 11) is 0. The molecule has 0 N–H and O–H groups in total. The Bertz CT molecular complexity index is 1000. The fourth-order valence-corrected chi connectivity index (χ4v) is 10.2. The van der Waals surface area contributed by atoms with E-state index in [1.165, 1.54) is 32.0 Å². The molecule has 0 aliphatic heterocycles. The average Bonchev–Trinajstić information content (AvgIpc) is 2.77. The summed E-state index contributed by atoms with van der Waals surface area (Å²) in [6.45, 7) is 18.6. The maximum absolute atomic E-state index is 12.1. The van der Waals surface area contributed by atoms with Gasteiger partial charge in [0.25, 0.3) is 0 Å². The zero-order chi connectivity index (χ0) is 25.7. The van der Waals surface area contributed by atoms with Crippen LogP contribution in [0.2, 0.25) is 0 Å². The van der Waals surface area contributed by atoms with Gasteiger partial charge in [0.1, 0.15) is 12.4 Å². The summed E-state index contributed by atoms with van der Waals surface area (Å²) in [6, 6.07) is 0. The molecule has 194 valence electrons. The van der Waals surface area contributed by atoms with E-state index in [0.29, 0.717) is 11.8 Å². The highest BCUT2D eigenvalue weighted by Gasteiger charge is 2.66. The highest BCUT2D eigenvalue weighted by atomic mass is 16.5. The van der Waals surface area contributed by atoms with Crippen LogP contribution in [-0.4, -0.2) is 18.4 Å². The second-order valence-electron chi connectivity index (χ2n) is 15.0. The normalized spacial score (nSPS) is 50.3. The minimum absolute atomic E-state index is 0.0157. The molecule has 0 aromatic heterocycles. The Morgan fingerprint density at radius 3 is 2.29 bits per heavy atom. The van der Waals surface area contributed by atoms with E-state index in [1.807, 2.05) is 0 Å². The fraction of sp³-hybridized carbons (Fsp3) is 0.812. The molecule has 0 aromatic rings. The summed E-state index contributed by atoms with van der Waals surface area (Å²) < 4.78 is 5.87. The molecular formula is C32H48O3. The average molecular weight is 481 g/mol. The second-order valence-corrected chi connectivity index (χ2v) is 15.0. The molecule has 0 unspecified atom stereocenters. The van der Waals surface area contributed by atoms with Crippen LogP contribution in [0.1, 0.15) is 113 Å². The smallest absolute Gasteiger partial charge is 0.302 e. The predicted octanol–water partition coefficient (Wildman–Crippen LogP) is 7.84. The summed E-state index contributed by atoms with van der Waals surface area (Å²) in [6.07, 6.45) is 16.4. The molecule has 5 rings (SSSR count). The predicted molar refractivity (Wildman–Crippen MR) is 141 cm³/mol. The van der Waals surface area contributed by atoms with Crippen molar-refractivity contribution in [3.63, 3.8) is 0 Å². The van der Waals surface area contributed by atoms with Crippen molar-refractivity contribution in [2.24, 2.45) is 44.3 Å². The Morgan fingerprint density at radius 1 is 0.943 bits per heavy atom.